The van der Waals surface area contributed by atoms with Crippen LogP contribution in [0.2, 0.25) is 5.02 Å². The molecule has 208 valence electrons. The Morgan fingerprint density at radius 1 is 1.15 bits per heavy atom. The topological polar surface area (TPSA) is 123 Å². The Kier molecular flexibility index (Phi) is 7.43. The molecule has 4 amide bonds. The molecule has 40 heavy (non-hydrogen) atoms. The monoisotopic (exact) mass is 583 g/mol. The average molecular weight is 584 g/mol. The van der Waals surface area contributed by atoms with E-state index >= 15 is 0 Å². The van der Waals surface area contributed by atoms with Gasteiger partial charge in [-0.15, -0.1) is 11.3 Å². The SMILES string of the molecule is CCOC(=O)c1c(NC(=O)CN2C(=O)N[C@](C)(c3ccc(Cl)cc3)C2=O)sc(Cc2ccc3c(c2)OCO3)c1C. The molecule has 2 aliphatic heterocycles. The van der Waals surface area contributed by atoms with Crippen molar-refractivity contribution in [3.05, 3.63) is 74.6 Å². The minimum Gasteiger partial charge on any atom is -0.462 e. The molecule has 2 N–H and O–H groups in total. The highest BCUT2D eigenvalue weighted by molar-refractivity contribution is 7.17. The molecule has 3 aromatic rings. The van der Waals surface area contributed by atoms with Gasteiger partial charge in [0.15, 0.2) is 11.5 Å². The lowest BCUT2D eigenvalue weighted by molar-refractivity contribution is -0.133. The second-order valence-electron chi connectivity index (χ2n) is 9.44. The van der Waals surface area contributed by atoms with Gasteiger partial charge in [-0.25, -0.2) is 9.59 Å². The van der Waals surface area contributed by atoms with Crippen LogP contribution in [0.15, 0.2) is 42.5 Å². The molecule has 1 aromatic heterocycles. The predicted molar refractivity (Wildman–Crippen MR) is 148 cm³/mol. The fourth-order valence-electron chi connectivity index (χ4n) is 4.63. The highest BCUT2D eigenvalue weighted by Gasteiger charge is 2.49. The zero-order valence-electron chi connectivity index (χ0n) is 22.0. The van der Waals surface area contributed by atoms with E-state index in [0.29, 0.717) is 34.1 Å². The number of imide groups is 1. The molecule has 0 spiro atoms. The predicted octanol–water partition coefficient (Wildman–Crippen LogP) is 4.61. The van der Waals surface area contributed by atoms with Gasteiger partial charge in [0.1, 0.15) is 17.1 Å². The van der Waals surface area contributed by atoms with E-state index in [1.807, 2.05) is 18.2 Å². The molecule has 10 nitrogen and oxygen atoms in total. The van der Waals surface area contributed by atoms with Crippen molar-refractivity contribution < 1.29 is 33.4 Å². The molecule has 1 fully saturated rings. The van der Waals surface area contributed by atoms with E-state index in [1.165, 1.54) is 11.3 Å². The van der Waals surface area contributed by atoms with E-state index in [0.717, 1.165) is 15.3 Å². The smallest absolute Gasteiger partial charge is 0.341 e. The zero-order chi connectivity index (χ0) is 28.6. The number of carbonyl (C=O) groups is 4. The van der Waals surface area contributed by atoms with Gasteiger partial charge in [-0.1, -0.05) is 29.8 Å². The van der Waals surface area contributed by atoms with Crippen LogP contribution in [0.5, 0.6) is 11.5 Å². The molecule has 3 heterocycles. The Morgan fingerprint density at radius 3 is 2.60 bits per heavy atom. The first-order chi connectivity index (χ1) is 19.1. The van der Waals surface area contributed by atoms with Crippen LogP contribution in [0.3, 0.4) is 0 Å². The quantitative estimate of drug-likeness (QED) is 0.293. The third kappa shape index (κ3) is 5.09. The minimum atomic E-state index is -1.35. The summed E-state index contributed by atoms with van der Waals surface area (Å²) in [7, 11) is 0. The van der Waals surface area contributed by atoms with Crippen molar-refractivity contribution >= 4 is 51.8 Å². The van der Waals surface area contributed by atoms with Crippen molar-refractivity contribution in [2.75, 3.05) is 25.3 Å². The van der Waals surface area contributed by atoms with E-state index < -0.39 is 35.9 Å². The van der Waals surface area contributed by atoms with Gasteiger partial charge in [-0.05, 0) is 61.7 Å². The molecule has 12 heteroatoms. The molecule has 2 aromatic carbocycles. The second kappa shape index (κ2) is 10.8. The molecule has 0 saturated carbocycles. The van der Waals surface area contributed by atoms with Gasteiger partial charge < -0.3 is 24.8 Å². The molecule has 1 saturated heterocycles. The lowest BCUT2D eigenvalue weighted by atomic mass is 9.92. The van der Waals surface area contributed by atoms with Gasteiger partial charge in [0.25, 0.3) is 5.91 Å². The largest absolute Gasteiger partial charge is 0.462 e. The van der Waals surface area contributed by atoms with E-state index in [9.17, 15) is 19.2 Å². The molecule has 0 aliphatic carbocycles. The number of halogens is 1. The van der Waals surface area contributed by atoms with E-state index in [1.54, 1.807) is 45.0 Å². The third-order valence-electron chi connectivity index (χ3n) is 6.78. The average Bonchev–Trinajstić information content (AvgIpc) is 3.56. The van der Waals surface area contributed by atoms with Crippen molar-refractivity contribution in [3.63, 3.8) is 0 Å². The summed E-state index contributed by atoms with van der Waals surface area (Å²) in [5.74, 6) is -0.477. The Hall–Kier alpha value is -4.09. The zero-order valence-corrected chi connectivity index (χ0v) is 23.5. The summed E-state index contributed by atoms with van der Waals surface area (Å²) in [6, 6.07) is 11.4. The Labute approximate surface area is 239 Å². The molecule has 0 radical (unpaired) electrons. The summed E-state index contributed by atoms with van der Waals surface area (Å²) in [5.41, 5.74) is 1.02. The number of hydrogen-bond donors (Lipinski definition) is 2. The number of thiophene rings is 1. The number of hydrogen-bond acceptors (Lipinski definition) is 8. The van der Waals surface area contributed by atoms with Crippen molar-refractivity contribution in [1.29, 1.82) is 0 Å². The number of nitrogens with zero attached hydrogens (tertiary/aromatic N) is 1. The number of nitrogens with one attached hydrogen (secondary N) is 2. The molecular weight excluding hydrogens is 558 g/mol. The van der Waals surface area contributed by atoms with Crippen molar-refractivity contribution in [2.45, 2.75) is 32.7 Å². The number of anilines is 1. The normalized spacial score (nSPS) is 17.6. The van der Waals surface area contributed by atoms with Gasteiger partial charge in [-0.2, -0.15) is 0 Å². The van der Waals surface area contributed by atoms with Crippen LogP contribution >= 0.6 is 22.9 Å². The van der Waals surface area contributed by atoms with Crippen molar-refractivity contribution in [1.82, 2.24) is 10.2 Å². The summed E-state index contributed by atoms with van der Waals surface area (Å²) in [6.45, 7) is 4.83. The maximum absolute atomic E-state index is 13.3. The van der Waals surface area contributed by atoms with E-state index in [2.05, 4.69) is 10.6 Å². The van der Waals surface area contributed by atoms with Gasteiger partial charge >= 0.3 is 12.0 Å². The van der Waals surface area contributed by atoms with Gasteiger partial charge in [-0.3, -0.25) is 14.5 Å². The minimum absolute atomic E-state index is 0.157. The van der Waals surface area contributed by atoms with Crippen LogP contribution in [-0.2, 0) is 26.3 Å². The first-order valence-corrected chi connectivity index (χ1v) is 13.7. The van der Waals surface area contributed by atoms with Gasteiger partial charge in [0.2, 0.25) is 12.7 Å². The molecule has 0 bridgehead atoms. The standard InChI is InChI=1S/C28H26ClN3O7S/c1-4-37-25(34)23-15(2)21(12-16-5-10-19-20(11-16)39-14-38-19)40-24(23)30-22(33)13-32-26(35)28(3,31-27(32)36)17-6-8-18(29)9-7-17/h5-11H,4,12-14H2,1-3H3,(H,30,33)(H,31,36)/t28-/m1/s1. The van der Waals surface area contributed by atoms with Crippen LogP contribution in [-0.4, -0.2) is 48.7 Å². The third-order valence-corrected chi connectivity index (χ3v) is 8.24. The van der Waals surface area contributed by atoms with Crippen LogP contribution in [0, 0.1) is 6.92 Å². The summed E-state index contributed by atoms with van der Waals surface area (Å²) in [6.07, 6.45) is 0.474. The Bertz CT molecular complexity index is 1520. The van der Waals surface area contributed by atoms with Gasteiger partial charge in [0.05, 0.1) is 12.2 Å². The lowest BCUT2D eigenvalue weighted by Gasteiger charge is -2.22. The highest BCUT2D eigenvalue weighted by Crippen LogP contribution is 2.38. The fraction of sp³-hybridized carbons (Fsp3) is 0.286. The number of amides is 4. The second-order valence-corrected chi connectivity index (χ2v) is 11.0. The molecule has 0 unspecified atom stereocenters. The number of esters is 1. The number of carbonyl (C=O) groups excluding carboxylic acids is 4. The van der Waals surface area contributed by atoms with Crippen LogP contribution in [0.25, 0.3) is 0 Å². The van der Waals surface area contributed by atoms with Crippen molar-refractivity contribution in [2.24, 2.45) is 0 Å². The summed E-state index contributed by atoms with van der Waals surface area (Å²) >= 11 is 7.19. The summed E-state index contributed by atoms with van der Waals surface area (Å²) < 4.78 is 16.1. The lowest BCUT2D eigenvalue weighted by Crippen LogP contribution is -2.42. The van der Waals surface area contributed by atoms with E-state index in [4.69, 9.17) is 25.8 Å². The number of benzene rings is 2. The fourth-order valence-corrected chi connectivity index (χ4v) is 6.00. The number of rotatable bonds is 8. The van der Waals surface area contributed by atoms with Crippen LogP contribution in [0.4, 0.5) is 9.80 Å². The van der Waals surface area contributed by atoms with Crippen LogP contribution in [0.1, 0.15) is 45.8 Å². The summed E-state index contributed by atoms with van der Waals surface area (Å²) in [4.78, 5) is 53.6. The highest BCUT2D eigenvalue weighted by atomic mass is 35.5. The van der Waals surface area contributed by atoms with Crippen LogP contribution < -0.4 is 20.1 Å². The number of ether oxygens (including phenoxy) is 3. The molecule has 5 rings (SSSR count). The Morgan fingerprint density at radius 2 is 1.88 bits per heavy atom. The molecular formula is C28H26ClN3O7S. The maximum Gasteiger partial charge on any atom is 0.341 e. The maximum atomic E-state index is 13.3. The molecule has 2 aliphatic rings. The van der Waals surface area contributed by atoms with E-state index in [-0.39, 0.29) is 24.0 Å². The first-order valence-electron chi connectivity index (χ1n) is 12.5. The Balaban J connectivity index is 1.36. The summed E-state index contributed by atoms with van der Waals surface area (Å²) in [5, 5.41) is 6.16. The number of urea groups is 1. The van der Waals surface area contributed by atoms with Gasteiger partial charge in [0, 0.05) is 16.3 Å². The van der Waals surface area contributed by atoms with Crippen molar-refractivity contribution in [3.8, 4) is 11.5 Å². The number of fused-ring (bicyclic) bond motifs is 1. The first kappa shape index (κ1) is 27.5. The molecule has 1 atom stereocenters.